The Morgan fingerprint density at radius 2 is 1.65 bits per heavy atom. The van der Waals surface area contributed by atoms with Crippen molar-refractivity contribution >= 4 is 15.9 Å². The number of hydrogen-bond donors (Lipinski definition) is 0. The molecule has 3 fully saturated rings. The average Bonchev–Trinajstić information content (AvgIpc) is 3.62. The zero-order valence-electron chi connectivity index (χ0n) is 21.9. The van der Waals surface area contributed by atoms with E-state index in [1.807, 2.05) is 32.6 Å². The molecular formula is C26H34N4O6S. The van der Waals surface area contributed by atoms with Crippen LogP contribution >= 0.6 is 0 Å². The van der Waals surface area contributed by atoms with E-state index in [1.165, 1.54) is 12.4 Å². The van der Waals surface area contributed by atoms with E-state index >= 15 is 0 Å². The summed E-state index contributed by atoms with van der Waals surface area (Å²) in [5.74, 6) is 1.17. The van der Waals surface area contributed by atoms with Gasteiger partial charge in [-0.1, -0.05) is 0 Å². The molecule has 200 valence electrons. The van der Waals surface area contributed by atoms with Gasteiger partial charge in [-0.3, -0.25) is 0 Å². The van der Waals surface area contributed by atoms with Gasteiger partial charge in [-0.05, 0) is 72.4 Å². The van der Waals surface area contributed by atoms with Crippen molar-refractivity contribution in [1.29, 1.82) is 0 Å². The van der Waals surface area contributed by atoms with E-state index < -0.39 is 15.4 Å². The minimum absolute atomic E-state index is 0.0793. The van der Waals surface area contributed by atoms with Crippen LogP contribution in [-0.4, -0.2) is 63.4 Å². The fourth-order valence-electron chi connectivity index (χ4n) is 5.08. The minimum atomic E-state index is -3.38. The average molecular weight is 531 g/mol. The van der Waals surface area contributed by atoms with Crippen LogP contribution in [0.3, 0.4) is 0 Å². The van der Waals surface area contributed by atoms with Gasteiger partial charge in [0.2, 0.25) is 11.8 Å². The van der Waals surface area contributed by atoms with Crippen LogP contribution in [0.15, 0.2) is 23.5 Å². The standard InChI is InChI=1S/C26H34N4O6S/c1-15-23(34-19-12-17-6-7-18(13-19)30(17)25(31)36-26(3,4)5)27-14-28-24(15)35-21-10-11-22(29-16(21)2)37(32,33)20-8-9-20/h10-11,14,17-20H,6-9,12-13H2,1-5H3. The molecule has 2 saturated heterocycles. The summed E-state index contributed by atoms with van der Waals surface area (Å²) < 4.78 is 42.9. The SMILES string of the molecule is Cc1nc(S(=O)(=O)C2CC2)ccc1Oc1ncnc(OC2CC3CCC(C2)N3C(=O)OC(C)(C)C)c1C. The summed E-state index contributed by atoms with van der Waals surface area (Å²) in [7, 11) is -3.38. The maximum absolute atomic E-state index is 12.7. The van der Waals surface area contributed by atoms with E-state index in [0.717, 1.165) is 12.8 Å². The number of nitrogens with zero attached hydrogens (tertiary/aromatic N) is 4. The Morgan fingerprint density at radius 3 is 2.24 bits per heavy atom. The molecule has 2 aromatic rings. The summed E-state index contributed by atoms with van der Waals surface area (Å²) in [5, 5.41) is -0.239. The topological polar surface area (TPSA) is 121 Å². The molecule has 2 aromatic heterocycles. The van der Waals surface area contributed by atoms with E-state index in [4.69, 9.17) is 14.2 Å². The number of ether oxygens (including phenoxy) is 3. The highest BCUT2D eigenvalue weighted by Crippen LogP contribution is 2.39. The van der Waals surface area contributed by atoms with Crippen molar-refractivity contribution in [3.05, 3.63) is 29.7 Å². The van der Waals surface area contributed by atoms with Gasteiger partial charge in [-0.25, -0.2) is 28.2 Å². The molecule has 0 spiro atoms. The van der Waals surface area contributed by atoms with E-state index in [2.05, 4.69) is 15.0 Å². The number of sulfone groups is 1. The third kappa shape index (κ3) is 5.37. The number of fused-ring (bicyclic) bond motifs is 2. The van der Waals surface area contributed by atoms with Crippen LogP contribution in [-0.2, 0) is 14.6 Å². The molecule has 2 atom stereocenters. The molecular weight excluding hydrogens is 496 g/mol. The van der Waals surface area contributed by atoms with Crippen LogP contribution in [0.4, 0.5) is 4.79 Å². The first-order valence-corrected chi connectivity index (χ1v) is 14.4. The van der Waals surface area contributed by atoms with Gasteiger partial charge >= 0.3 is 6.09 Å². The first-order chi connectivity index (χ1) is 17.4. The number of aromatic nitrogens is 3. The normalized spacial score (nSPS) is 23.6. The molecule has 37 heavy (non-hydrogen) atoms. The summed E-state index contributed by atoms with van der Waals surface area (Å²) in [6, 6.07) is 3.26. The molecule has 2 bridgehead atoms. The molecule has 3 aliphatic rings. The predicted octanol–water partition coefficient (Wildman–Crippen LogP) is 4.53. The van der Waals surface area contributed by atoms with Gasteiger partial charge in [0.15, 0.2) is 20.6 Å². The molecule has 2 aliphatic heterocycles. The Morgan fingerprint density at radius 1 is 1.00 bits per heavy atom. The number of carbonyl (C=O) groups is 1. The van der Waals surface area contributed by atoms with Crippen molar-refractivity contribution in [1.82, 2.24) is 19.9 Å². The highest BCUT2D eigenvalue weighted by atomic mass is 32.2. The number of hydrogen-bond acceptors (Lipinski definition) is 9. The van der Waals surface area contributed by atoms with E-state index in [0.29, 0.717) is 54.5 Å². The van der Waals surface area contributed by atoms with Gasteiger partial charge in [0, 0.05) is 24.9 Å². The fraction of sp³-hybridized carbons (Fsp3) is 0.615. The van der Waals surface area contributed by atoms with Crippen LogP contribution in [0, 0.1) is 13.8 Å². The molecule has 5 rings (SSSR count). The maximum Gasteiger partial charge on any atom is 0.410 e. The van der Waals surface area contributed by atoms with E-state index in [9.17, 15) is 13.2 Å². The van der Waals surface area contributed by atoms with E-state index in [-0.39, 0.29) is 34.6 Å². The maximum atomic E-state index is 12.7. The van der Waals surface area contributed by atoms with Gasteiger partial charge in [0.1, 0.15) is 18.0 Å². The van der Waals surface area contributed by atoms with Gasteiger partial charge in [-0.2, -0.15) is 0 Å². The van der Waals surface area contributed by atoms with Crippen molar-refractivity contribution < 1.29 is 27.4 Å². The molecule has 2 unspecified atom stereocenters. The lowest BCUT2D eigenvalue weighted by Crippen LogP contribution is -2.50. The fourth-order valence-corrected chi connectivity index (χ4v) is 6.70. The second-order valence-electron chi connectivity index (χ2n) is 11.2. The second kappa shape index (κ2) is 9.41. The summed E-state index contributed by atoms with van der Waals surface area (Å²) in [4.78, 5) is 27.5. The van der Waals surface area contributed by atoms with E-state index in [1.54, 1.807) is 13.0 Å². The van der Waals surface area contributed by atoms with Crippen molar-refractivity contribution in [2.75, 3.05) is 0 Å². The Hall–Kier alpha value is -2.95. The summed E-state index contributed by atoms with van der Waals surface area (Å²) in [6.45, 7) is 9.17. The zero-order chi connectivity index (χ0) is 26.5. The van der Waals surface area contributed by atoms with Gasteiger partial charge in [0.25, 0.3) is 0 Å². The number of aryl methyl sites for hydroxylation is 1. The number of piperidine rings is 1. The lowest BCUT2D eigenvalue weighted by Gasteiger charge is -2.39. The lowest BCUT2D eigenvalue weighted by molar-refractivity contribution is -0.00773. The number of rotatable bonds is 6. The molecule has 10 nitrogen and oxygen atoms in total. The third-order valence-electron chi connectivity index (χ3n) is 7.04. The summed E-state index contributed by atoms with van der Waals surface area (Å²) >= 11 is 0. The molecule has 1 amide bonds. The molecule has 1 aliphatic carbocycles. The minimum Gasteiger partial charge on any atom is -0.474 e. The van der Waals surface area contributed by atoms with Crippen LogP contribution < -0.4 is 9.47 Å². The molecule has 0 aromatic carbocycles. The van der Waals surface area contributed by atoms with Crippen molar-refractivity contribution in [3.63, 3.8) is 0 Å². The molecule has 0 radical (unpaired) electrons. The predicted molar refractivity (Wildman–Crippen MR) is 135 cm³/mol. The Labute approximate surface area is 217 Å². The smallest absolute Gasteiger partial charge is 0.410 e. The zero-order valence-corrected chi connectivity index (χ0v) is 22.7. The van der Waals surface area contributed by atoms with Gasteiger partial charge in [0.05, 0.1) is 16.5 Å². The monoisotopic (exact) mass is 530 g/mol. The third-order valence-corrected chi connectivity index (χ3v) is 9.20. The first-order valence-electron chi connectivity index (χ1n) is 12.8. The van der Waals surface area contributed by atoms with Crippen molar-refractivity contribution in [2.24, 2.45) is 0 Å². The van der Waals surface area contributed by atoms with Crippen LogP contribution in [0.2, 0.25) is 0 Å². The summed E-state index contributed by atoms with van der Waals surface area (Å²) in [6.07, 6.45) is 5.68. The van der Waals surface area contributed by atoms with Crippen LogP contribution in [0.25, 0.3) is 0 Å². The molecule has 1 saturated carbocycles. The largest absolute Gasteiger partial charge is 0.474 e. The Kier molecular flexibility index (Phi) is 6.54. The highest BCUT2D eigenvalue weighted by Gasteiger charge is 2.46. The van der Waals surface area contributed by atoms with Crippen LogP contribution in [0.5, 0.6) is 17.5 Å². The van der Waals surface area contributed by atoms with Crippen molar-refractivity contribution in [2.45, 2.75) is 107 Å². The lowest BCUT2D eigenvalue weighted by atomic mass is 10.00. The van der Waals surface area contributed by atoms with Gasteiger partial charge in [-0.15, -0.1) is 0 Å². The quantitative estimate of drug-likeness (QED) is 0.530. The first kappa shape index (κ1) is 25.7. The molecule has 0 N–H and O–H groups in total. The highest BCUT2D eigenvalue weighted by molar-refractivity contribution is 7.92. The molecule has 11 heteroatoms. The number of amides is 1. The summed E-state index contributed by atoms with van der Waals surface area (Å²) in [5.41, 5.74) is 0.574. The van der Waals surface area contributed by atoms with Gasteiger partial charge < -0.3 is 19.1 Å². The number of pyridine rings is 1. The Bertz CT molecular complexity index is 1290. The molecule has 4 heterocycles. The van der Waals surface area contributed by atoms with Crippen LogP contribution in [0.1, 0.15) is 70.6 Å². The number of carbonyl (C=O) groups excluding carboxylic acids is 1. The Balaban J connectivity index is 1.27. The second-order valence-corrected chi connectivity index (χ2v) is 13.3. The van der Waals surface area contributed by atoms with Crippen molar-refractivity contribution in [3.8, 4) is 17.5 Å².